The highest BCUT2D eigenvalue weighted by molar-refractivity contribution is 6.39. The Hall–Kier alpha value is -2.02. The fraction of sp³-hybridized carbons (Fsp3) is 0.421. The molecule has 3 N–H and O–H groups in total. The minimum Gasteiger partial charge on any atom is -0.404 e. The molecule has 140 valence electrons. The van der Waals surface area contributed by atoms with Gasteiger partial charge in [-0.2, -0.15) is 0 Å². The maximum atomic E-state index is 6.67. The predicted molar refractivity (Wildman–Crippen MR) is 109 cm³/mol. The molecule has 0 spiro atoms. The van der Waals surface area contributed by atoms with Crippen molar-refractivity contribution in [3.8, 4) is 0 Å². The van der Waals surface area contributed by atoms with E-state index in [9.17, 15) is 0 Å². The van der Waals surface area contributed by atoms with Crippen LogP contribution >= 0.6 is 11.6 Å². The number of nitrogens with two attached hydrogens (primary N) is 1. The van der Waals surface area contributed by atoms with E-state index in [1.807, 2.05) is 42.4 Å². The highest BCUT2D eigenvalue weighted by Gasteiger charge is 2.25. The second-order valence-corrected chi connectivity index (χ2v) is 7.03. The Labute approximate surface area is 160 Å². The maximum Gasteiger partial charge on any atom is 0.150 e. The molecule has 6 nitrogen and oxygen atoms in total. The van der Waals surface area contributed by atoms with Gasteiger partial charge in [-0.25, -0.2) is 0 Å². The van der Waals surface area contributed by atoms with Gasteiger partial charge in [-0.1, -0.05) is 41.9 Å². The van der Waals surface area contributed by atoms with Crippen LogP contribution in [0.4, 0.5) is 0 Å². The molecule has 2 aliphatic heterocycles. The Morgan fingerprint density at radius 1 is 1.15 bits per heavy atom. The fourth-order valence-electron chi connectivity index (χ4n) is 3.22. The summed E-state index contributed by atoms with van der Waals surface area (Å²) in [6.45, 7) is 6.05. The average Bonchev–Trinajstić information content (AvgIpc) is 2.64. The molecule has 0 radical (unpaired) electrons. The number of benzene rings is 1. The number of nitrogens with zero attached hydrogens (tertiary/aromatic N) is 4. The van der Waals surface area contributed by atoms with E-state index in [4.69, 9.17) is 22.3 Å². The van der Waals surface area contributed by atoms with Gasteiger partial charge in [-0.15, -0.1) is 0 Å². The van der Waals surface area contributed by atoms with E-state index in [1.54, 1.807) is 0 Å². The molecule has 3 rings (SSSR count). The monoisotopic (exact) mass is 374 g/mol. The summed E-state index contributed by atoms with van der Waals surface area (Å²) in [5.74, 6) is 0.716. The van der Waals surface area contributed by atoms with Crippen LogP contribution in [0, 0.1) is 0 Å². The van der Waals surface area contributed by atoms with Gasteiger partial charge in [0.1, 0.15) is 5.84 Å². The normalized spacial score (nSPS) is 23.0. The topological polar surface area (TPSA) is 60.1 Å². The third kappa shape index (κ3) is 4.20. The van der Waals surface area contributed by atoms with E-state index in [2.05, 4.69) is 22.3 Å². The highest BCUT2D eigenvalue weighted by atomic mass is 35.5. The second kappa shape index (κ2) is 8.58. The van der Waals surface area contributed by atoms with Crippen molar-refractivity contribution in [1.82, 2.24) is 20.2 Å². The minimum atomic E-state index is 0.610. The zero-order valence-electron chi connectivity index (χ0n) is 15.5. The van der Waals surface area contributed by atoms with E-state index in [1.165, 1.54) is 6.20 Å². The predicted octanol–water partition coefficient (Wildman–Crippen LogP) is 1.53. The van der Waals surface area contributed by atoms with E-state index in [-0.39, 0.29) is 0 Å². The SMILES string of the molecule is CN1CCN(CCN=C2NN(C)C(c3ccccc3)=C(Cl)C2=CN)CC1. The lowest BCUT2D eigenvalue weighted by atomic mass is 10.1. The molecule has 0 atom stereocenters. The van der Waals surface area contributed by atoms with Crippen molar-refractivity contribution in [3.63, 3.8) is 0 Å². The molecule has 1 fully saturated rings. The summed E-state index contributed by atoms with van der Waals surface area (Å²) in [4.78, 5) is 9.51. The molecule has 0 bridgehead atoms. The lowest BCUT2D eigenvalue weighted by Crippen LogP contribution is -2.46. The van der Waals surface area contributed by atoms with Crippen LogP contribution in [-0.4, -0.2) is 74.0 Å². The molecular formula is C19H27ClN6. The lowest BCUT2D eigenvalue weighted by molar-refractivity contribution is 0.157. The average molecular weight is 375 g/mol. The number of halogens is 1. The van der Waals surface area contributed by atoms with Gasteiger partial charge in [0, 0.05) is 51.5 Å². The van der Waals surface area contributed by atoms with E-state index >= 15 is 0 Å². The molecule has 26 heavy (non-hydrogen) atoms. The summed E-state index contributed by atoms with van der Waals surface area (Å²) in [6.07, 6.45) is 1.53. The first kappa shape index (κ1) is 18.8. The Bertz CT molecular complexity index is 704. The van der Waals surface area contributed by atoms with Crippen molar-refractivity contribution in [1.29, 1.82) is 0 Å². The van der Waals surface area contributed by atoms with Crippen LogP contribution in [0.5, 0.6) is 0 Å². The number of hydrazine groups is 1. The molecule has 2 aliphatic rings. The van der Waals surface area contributed by atoms with Gasteiger partial charge in [0.15, 0.2) is 0 Å². The Morgan fingerprint density at radius 2 is 1.85 bits per heavy atom. The van der Waals surface area contributed by atoms with Crippen molar-refractivity contribution in [2.75, 3.05) is 53.4 Å². The standard InChI is InChI=1S/C19H27ClN6/c1-24-10-12-26(13-11-24)9-8-22-19-16(14-21)17(20)18(25(2)23-19)15-6-4-3-5-7-15/h3-7,14H,8-13,21H2,1-2H3,(H,22,23). The molecule has 1 saturated heterocycles. The number of rotatable bonds is 4. The molecular weight excluding hydrogens is 348 g/mol. The summed E-state index contributed by atoms with van der Waals surface area (Å²) in [5.41, 5.74) is 11.8. The van der Waals surface area contributed by atoms with Crippen LogP contribution < -0.4 is 11.2 Å². The molecule has 0 saturated carbocycles. The largest absolute Gasteiger partial charge is 0.404 e. The third-order valence-electron chi connectivity index (χ3n) is 4.80. The molecule has 2 heterocycles. The first-order valence-electron chi connectivity index (χ1n) is 8.93. The minimum absolute atomic E-state index is 0.610. The van der Waals surface area contributed by atoms with E-state index < -0.39 is 0 Å². The van der Waals surface area contributed by atoms with Crippen LogP contribution in [0.3, 0.4) is 0 Å². The van der Waals surface area contributed by atoms with Crippen molar-refractivity contribution in [2.45, 2.75) is 0 Å². The van der Waals surface area contributed by atoms with Crippen LogP contribution in [-0.2, 0) is 0 Å². The van der Waals surface area contributed by atoms with Crippen LogP contribution in [0.15, 0.2) is 52.1 Å². The van der Waals surface area contributed by atoms with Crippen LogP contribution in [0.2, 0.25) is 0 Å². The van der Waals surface area contributed by atoms with Crippen molar-refractivity contribution < 1.29 is 0 Å². The number of hydrogen-bond donors (Lipinski definition) is 2. The lowest BCUT2D eigenvalue weighted by Gasteiger charge is -2.33. The molecule has 0 aliphatic carbocycles. The molecule has 7 heteroatoms. The first-order valence-corrected chi connectivity index (χ1v) is 9.31. The van der Waals surface area contributed by atoms with Crippen molar-refractivity contribution in [2.24, 2.45) is 10.7 Å². The highest BCUT2D eigenvalue weighted by Crippen LogP contribution is 2.31. The fourth-order valence-corrected chi connectivity index (χ4v) is 3.61. The molecule has 0 aromatic heterocycles. The first-order chi connectivity index (χ1) is 12.6. The summed E-state index contributed by atoms with van der Waals surface area (Å²) in [7, 11) is 4.10. The van der Waals surface area contributed by atoms with Crippen LogP contribution in [0.1, 0.15) is 5.56 Å². The molecule has 0 unspecified atom stereocenters. The number of hydrogen-bond acceptors (Lipinski definition) is 5. The van der Waals surface area contributed by atoms with Gasteiger partial charge in [0.2, 0.25) is 0 Å². The van der Waals surface area contributed by atoms with Gasteiger partial charge in [-0.05, 0) is 7.05 Å². The van der Waals surface area contributed by atoms with E-state index in [0.717, 1.165) is 49.6 Å². The summed E-state index contributed by atoms with van der Waals surface area (Å²) < 4.78 is 0. The Morgan fingerprint density at radius 3 is 2.50 bits per heavy atom. The smallest absolute Gasteiger partial charge is 0.150 e. The van der Waals surface area contributed by atoms with Crippen LogP contribution in [0.25, 0.3) is 5.70 Å². The number of piperazine rings is 1. The van der Waals surface area contributed by atoms with Gasteiger partial charge < -0.3 is 10.6 Å². The van der Waals surface area contributed by atoms with Gasteiger partial charge in [0.05, 0.1) is 22.8 Å². The van der Waals surface area contributed by atoms with Gasteiger partial charge in [-0.3, -0.25) is 20.3 Å². The Balaban J connectivity index is 1.73. The summed E-state index contributed by atoms with van der Waals surface area (Å²) >= 11 is 6.67. The number of amidine groups is 1. The summed E-state index contributed by atoms with van der Waals surface area (Å²) in [6, 6.07) is 10.0. The third-order valence-corrected chi connectivity index (χ3v) is 5.19. The Kier molecular flexibility index (Phi) is 6.19. The zero-order valence-corrected chi connectivity index (χ0v) is 16.2. The quantitative estimate of drug-likeness (QED) is 0.837. The van der Waals surface area contributed by atoms with E-state index in [0.29, 0.717) is 17.4 Å². The summed E-state index contributed by atoms with van der Waals surface area (Å²) in [5, 5.41) is 2.51. The van der Waals surface area contributed by atoms with Gasteiger partial charge >= 0.3 is 0 Å². The number of aliphatic imine (C=N–C) groups is 1. The van der Waals surface area contributed by atoms with Crippen molar-refractivity contribution in [3.05, 3.63) is 52.7 Å². The molecule has 1 aromatic carbocycles. The number of nitrogens with one attached hydrogen (secondary N) is 1. The molecule has 0 amide bonds. The van der Waals surface area contributed by atoms with Gasteiger partial charge in [0.25, 0.3) is 0 Å². The number of likely N-dealkylation sites (N-methyl/N-ethyl adjacent to an activating group) is 1. The second-order valence-electron chi connectivity index (χ2n) is 6.66. The maximum absolute atomic E-state index is 6.67. The van der Waals surface area contributed by atoms with Crippen molar-refractivity contribution >= 4 is 23.1 Å². The zero-order chi connectivity index (χ0) is 18.5. The molecule has 1 aromatic rings.